The summed E-state index contributed by atoms with van der Waals surface area (Å²) in [7, 11) is 1.92. The van der Waals surface area contributed by atoms with Crippen LogP contribution in [-0.4, -0.2) is 33.1 Å². The molecule has 1 aliphatic heterocycles. The molecule has 3 aromatic rings. The number of imidazole rings is 1. The fourth-order valence-electron chi connectivity index (χ4n) is 2.93. The van der Waals surface area contributed by atoms with Gasteiger partial charge in [0, 0.05) is 13.6 Å². The highest BCUT2D eigenvalue weighted by molar-refractivity contribution is 6.13. The summed E-state index contributed by atoms with van der Waals surface area (Å²) in [4.78, 5) is 20.7. The Balaban J connectivity index is 1.48. The molecule has 0 fully saturated rings. The zero-order valence-electron chi connectivity index (χ0n) is 14.8. The van der Waals surface area contributed by atoms with Crippen LogP contribution in [0.25, 0.3) is 17.1 Å². The second-order valence-corrected chi connectivity index (χ2v) is 6.36. The Kier molecular flexibility index (Phi) is 4.43. The molecule has 0 radical (unpaired) electrons. The molecular weight excluding hydrogens is 342 g/mol. The van der Waals surface area contributed by atoms with Crippen molar-refractivity contribution in [2.75, 3.05) is 6.54 Å². The summed E-state index contributed by atoms with van der Waals surface area (Å²) in [5.74, 6) is 0.0552. The lowest BCUT2D eigenvalue weighted by molar-refractivity contribution is -0.115. The number of hydrogen-bond donors (Lipinski definition) is 3. The van der Waals surface area contributed by atoms with Crippen LogP contribution in [0.1, 0.15) is 17.2 Å². The number of aryl methyl sites for hydroxylation is 1. The third kappa shape index (κ3) is 3.58. The second kappa shape index (κ2) is 7.05. The number of nitrogens with zero attached hydrogens (tertiary/aromatic N) is 3. The minimum Gasteiger partial charge on any atom is -0.387 e. The number of hydrogen-bond acceptors (Lipinski definition) is 5. The number of aliphatic hydroxyl groups excluding tert-OH is 1. The number of benzene rings is 2. The van der Waals surface area contributed by atoms with Gasteiger partial charge in [0.2, 0.25) is 5.96 Å². The van der Waals surface area contributed by atoms with E-state index in [1.165, 1.54) is 0 Å². The van der Waals surface area contributed by atoms with E-state index in [1.54, 1.807) is 12.4 Å². The topological polar surface area (TPSA) is 91.5 Å². The Labute approximate surface area is 156 Å². The van der Waals surface area contributed by atoms with Gasteiger partial charge in [-0.1, -0.05) is 36.4 Å². The predicted octanol–water partition coefficient (Wildman–Crippen LogP) is 1.72. The van der Waals surface area contributed by atoms with Crippen molar-refractivity contribution in [3.05, 3.63) is 71.7 Å². The number of carbonyl (C=O) groups is 1. The molecule has 0 aliphatic carbocycles. The minimum absolute atomic E-state index is 0.247. The number of aliphatic imine (C=N–C) groups is 1. The van der Waals surface area contributed by atoms with Crippen molar-refractivity contribution in [3.63, 3.8) is 0 Å². The Morgan fingerprint density at radius 2 is 2.07 bits per heavy atom. The van der Waals surface area contributed by atoms with Gasteiger partial charge < -0.3 is 15.0 Å². The van der Waals surface area contributed by atoms with Crippen LogP contribution in [-0.2, 0) is 11.8 Å². The highest BCUT2D eigenvalue weighted by atomic mass is 16.3. The molecule has 7 nitrogen and oxygen atoms in total. The average Bonchev–Trinajstić information content (AvgIpc) is 3.23. The highest BCUT2D eigenvalue weighted by Gasteiger charge is 2.20. The van der Waals surface area contributed by atoms with Gasteiger partial charge in [-0.3, -0.25) is 10.1 Å². The molecule has 0 spiro atoms. The number of rotatable bonds is 4. The zero-order chi connectivity index (χ0) is 18.8. The van der Waals surface area contributed by atoms with Crippen LogP contribution in [0.5, 0.6) is 0 Å². The summed E-state index contributed by atoms with van der Waals surface area (Å²) in [5.41, 5.74) is 3.86. The molecule has 1 aliphatic rings. The maximum atomic E-state index is 12.2. The van der Waals surface area contributed by atoms with Crippen molar-refractivity contribution in [1.82, 2.24) is 20.2 Å². The summed E-state index contributed by atoms with van der Waals surface area (Å²) in [6.07, 6.45) is 2.79. The van der Waals surface area contributed by atoms with Gasteiger partial charge in [0.15, 0.2) is 0 Å². The molecular formula is C20H19N5O2. The van der Waals surface area contributed by atoms with Gasteiger partial charge in [0.1, 0.15) is 5.70 Å². The van der Waals surface area contributed by atoms with Gasteiger partial charge >= 0.3 is 0 Å². The van der Waals surface area contributed by atoms with Crippen molar-refractivity contribution < 1.29 is 9.90 Å². The quantitative estimate of drug-likeness (QED) is 0.617. The lowest BCUT2D eigenvalue weighted by Crippen LogP contribution is -2.38. The van der Waals surface area contributed by atoms with Crippen LogP contribution in [0.2, 0.25) is 0 Å². The number of carbonyl (C=O) groups excluding carboxylic acids is 1. The number of fused-ring (bicyclic) bond motifs is 1. The van der Waals surface area contributed by atoms with E-state index in [2.05, 4.69) is 20.6 Å². The van der Waals surface area contributed by atoms with E-state index in [0.717, 1.165) is 22.2 Å². The maximum absolute atomic E-state index is 12.2. The first-order valence-electron chi connectivity index (χ1n) is 8.60. The van der Waals surface area contributed by atoms with Crippen LogP contribution in [0.4, 0.5) is 0 Å². The van der Waals surface area contributed by atoms with E-state index >= 15 is 0 Å². The number of amides is 1. The van der Waals surface area contributed by atoms with Gasteiger partial charge in [-0.25, -0.2) is 9.98 Å². The lowest BCUT2D eigenvalue weighted by Gasteiger charge is -2.12. The molecule has 1 amide bonds. The van der Waals surface area contributed by atoms with Crippen LogP contribution in [0, 0.1) is 0 Å². The number of aliphatic hydroxyl groups is 1. The largest absolute Gasteiger partial charge is 0.387 e. The Morgan fingerprint density at radius 1 is 1.26 bits per heavy atom. The van der Waals surface area contributed by atoms with Gasteiger partial charge in [-0.2, -0.15) is 0 Å². The third-order valence-electron chi connectivity index (χ3n) is 4.40. The summed E-state index contributed by atoms with van der Waals surface area (Å²) in [6, 6.07) is 15.1. The van der Waals surface area contributed by atoms with Crippen molar-refractivity contribution in [2.24, 2.45) is 12.0 Å². The normalized spacial score (nSPS) is 16.4. The lowest BCUT2D eigenvalue weighted by atomic mass is 10.1. The van der Waals surface area contributed by atoms with Gasteiger partial charge in [0.25, 0.3) is 5.91 Å². The van der Waals surface area contributed by atoms with Gasteiger partial charge in [-0.15, -0.1) is 0 Å². The Morgan fingerprint density at radius 3 is 2.89 bits per heavy atom. The van der Waals surface area contributed by atoms with Crippen molar-refractivity contribution in [1.29, 1.82) is 0 Å². The molecule has 2 aromatic carbocycles. The van der Waals surface area contributed by atoms with Crippen LogP contribution in [0.3, 0.4) is 0 Å². The smallest absolute Gasteiger partial charge is 0.276 e. The number of aromatic nitrogens is 2. The van der Waals surface area contributed by atoms with E-state index in [0.29, 0.717) is 11.7 Å². The van der Waals surface area contributed by atoms with Crippen LogP contribution >= 0.6 is 0 Å². The van der Waals surface area contributed by atoms with E-state index < -0.39 is 6.10 Å². The first-order valence-corrected chi connectivity index (χ1v) is 8.60. The summed E-state index contributed by atoms with van der Waals surface area (Å²) in [5, 5.41) is 15.9. The van der Waals surface area contributed by atoms with Crippen molar-refractivity contribution in [2.45, 2.75) is 6.10 Å². The Hall–Kier alpha value is -3.45. The summed E-state index contributed by atoms with van der Waals surface area (Å²) >= 11 is 0. The highest BCUT2D eigenvalue weighted by Crippen LogP contribution is 2.18. The predicted molar refractivity (Wildman–Crippen MR) is 104 cm³/mol. The third-order valence-corrected chi connectivity index (χ3v) is 4.40. The molecule has 0 bridgehead atoms. The molecule has 27 heavy (non-hydrogen) atoms. The molecule has 2 heterocycles. The molecule has 1 atom stereocenters. The molecule has 7 heteroatoms. The first-order chi connectivity index (χ1) is 13.1. The molecule has 0 saturated heterocycles. The monoisotopic (exact) mass is 361 g/mol. The molecule has 0 saturated carbocycles. The molecule has 3 N–H and O–H groups in total. The second-order valence-electron chi connectivity index (χ2n) is 6.36. The van der Waals surface area contributed by atoms with E-state index in [1.807, 2.05) is 60.1 Å². The zero-order valence-corrected chi connectivity index (χ0v) is 14.8. The van der Waals surface area contributed by atoms with Gasteiger partial charge in [-0.05, 0) is 29.3 Å². The van der Waals surface area contributed by atoms with E-state index in [9.17, 15) is 9.90 Å². The van der Waals surface area contributed by atoms with Crippen LogP contribution < -0.4 is 10.6 Å². The van der Waals surface area contributed by atoms with Crippen molar-refractivity contribution in [3.8, 4) is 0 Å². The van der Waals surface area contributed by atoms with Crippen LogP contribution in [0.15, 0.2) is 65.5 Å². The number of nitrogens with one attached hydrogen (secondary N) is 2. The maximum Gasteiger partial charge on any atom is 0.276 e. The molecule has 4 rings (SSSR count). The average molecular weight is 361 g/mol. The standard InChI is InChI=1S/C20H19N5O2/c1-25-12-22-15-8-7-13(10-17(15)25)9-16-19(27)24-20(23-16)21-11-18(26)14-5-3-2-4-6-14/h2-10,12,18,26H,11H2,1H3,(H2,21,23,24,27)/b16-9-/t18-/m1/s1. The Bertz CT molecular complexity index is 1050. The minimum atomic E-state index is -0.689. The summed E-state index contributed by atoms with van der Waals surface area (Å²) < 4.78 is 1.92. The fraction of sp³-hybridized carbons (Fsp3) is 0.150. The van der Waals surface area contributed by atoms with E-state index in [4.69, 9.17) is 0 Å². The SMILES string of the molecule is Cn1cnc2ccc(/C=C3\N=C(NC[C@@H](O)c4ccccc4)NC3=O)cc21. The van der Waals surface area contributed by atoms with E-state index in [-0.39, 0.29) is 12.5 Å². The molecule has 0 unspecified atom stereocenters. The van der Waals surface area contributed by atoms with Gasteiger partial charge in [0.05, 0.1) is 23.5 Å². The fourth-order valence-corrected chi connectivity index (χ4v) is 2.93. The summed E-state index contributed by atoms with van der Waals surface area (Å²) in [6.45, 7) is 0.247. The molecule has 136 valence electrons. The number of guanidine groups is 1. The first kappa shape index (κ1) is 17.0. The van der Waals surface area contributed by atoms with Crippen molar-refractivity contribution >= 4 is 29.0 Å². The molecule has 1 aromatic heterocycles.